The number of ketones is 1. The van der Waals surface area contributed by atoms with Crippen LogP contribution in [0.15, 0.2) is 41.3 Å². The molecule has 0 amide bonds. The number of carbonyl (C=O) groups is 1. The van der Waals surface area contributed by atoms with Gasteiger partial charge in [-0.25, -0.2) is 4.31 Å². The average Bonchev–Trinajstić information content (AvgIpc) is 3.43. The van der Waals surface area contributed by atoms with Gasteiger partial charge < -0.3 is 4.74 Å². The molecule has 0 N–H and O–H groups in total. The fourth-order valence-corrected chi connectivity index (χ4v) is 3.89. The lowest BCUT2D eigenvalue weighted by molar-refractivity contribution is -0.118. The molecule has 0 spiro atoms. The fraction of sp³-hybridized carbons (Fsp3) is 0.400. The summed E-state index contributed by atoms with van der Waals surface area (Å²) in [4.78, 5) is 17.3. The van der Waals surface area contributed by atoms with E-state index in [2.05, 4.69) is 22.4 Å². The Balaban J connectivity index is 1.69. The van der Waals surface area contributed by atoms with E-state index in [1.54, 1.807) is 11.9 Å². The van der Waals surface area contributed by atoms with Crippen molar-refractivity contribution in [3.8, 4) is 11.3 Å². The summed E-state index contributed by atoms with van der Waals surface area (Å²) in [5.74, 6) is 0.261. The van der Waals surface area contributed by atoms with E-state index in [9.17, 15) is 4.79 Å². The van der Waals surface area contributed by atoms with Crippen molar-refractivity contribution >= 4 is 29.3 Å². The van der Waals surface area contributed by atoms with Crippen LogP contribution in [0.25, 0.3) is 11.3 Å². The zero-order valence-corrected chi connectivity index (χ0v) is 16.6. The number of carbonyl (C=O) groups excluding carboxylic acids is 1. The topological polar surface area (TPSA) is 45.7 Å². The second-order valence-electron chi connectivity index (χ2n) is 6.41. The number of pyridine rings is 1. The molecule has 0 aliphatic carbocycles. The molecule has 2 aromatic rings. The van der Waals surface area contributed by atoms with Gasteiger partial charge >= 0.3 is 0 Å². The highest BCUT2D eigenvalue weighted by Crippen LogP contribution is 2.32. The van der Waals surface area contributed by atoms with Crippen LogP contribution in [0.4, 0.5) is 0 Å². The number of nitrogens with zero attached hydrogens (tertiary/aromatic N) is 2. The molecule has 1 aliphatic heterocycles. The molecule has 4 nitrogen and oxygen atoms in total. The third-order valence-electron chi connectivity index (χ3n) is 4.20. The maximum atomic E-state index is 11.5. The van der Waals surface area contributed by atoms with Gasteiger partial charge in [-0.2, -0.15) is 0 Å². The number of hydrogen-bond acceptors (Lipinski definition) is 5. The Morgan fingerprint density at radius 2 is 2.19 bits per heavy atom. The number of aryl methyl sites for hydroxylation is 1. The van der Waals surface area contributed by atoms with E-state index in [1.165, 1.54) is 0 Å². The zero-order chi connectivity index (χ0) is 18.5. The van der Waals surface area contributed by atoms with Crippen LogP contribution in [0.2, 0.25) is 5.02 Å². The van der Waals surface area contributed by atoms with Crippen molar-refractivity contribution in [3.63, 3.8) is 0 Å². The van der Waals surface area contributed by atoms with Gasteiger partial charge in [0.15, 0.2) is 0 Å². The van der Waals surface area contributed by atoms with E-state index in [1.807, 2.05) is 37.3 Å². The van der Waals surface area contributed by atoms with Gasteiger partial charge in [0, 0.05) is 35.5 Å². The van der Waals surface area contributed by atoms with Gasteiger partial charge in [-0.3, -0.25) is 9.78 Å². The predicted octanol–water partition coefficient (Wildman–Crippen LogP) is 4.65. The van der Waals surface area contributed by atoms with Gasteiger partial charge in [0.2, 0.25) is 0 Å². The highest BCUT2D eigenvalue weighted by Gasteiger charge is 2.24. The number of epoxide rings is 1. The van der Waals surface area contributed by atoms with Gasteiger partial charge in [0.1, 0.15) is 5.78 Å². The molecule has 1 aliphatic rings. The number of Topliss-reactive ketones (excluding diaryl/α,β-unsaturated/α-hetero) is 1. The normalized spacial score (nSPS) is 16.1. The number of likely N-dealkylation sites (N-methyl/N-ethyl adjacent to an activating group) is 1. The molecule has 0 bridgehead atoms. The first-order valence-electron chi connectivity index (χ1n) is 8.83. The summed E-state index contributed by atoms with van der Waals surface area (Å²) in [6, 6.07) is 11.9. The number of benzene rings is 1. The SMILES string of the molecule is CCC(=O)CCc1cccc(-c2ccc(SN(C)CC3CO3)cc2Cl)n1. The van der Waals surface area contributed by atoms with Crippen LogP contribution in [0.5, 0.6) is 0 Å². The van der Waals surface area contributed by atoms with Gasteiger partial charge in [-0.1, -0.05) is 30.7 Å². The number of halogens is 1. The van der Waals surface area contributed by atoms with Crippen LogP contribution < -0.4 is 0 Å². The quantitative estimate of drug-likeness (QED) is 0.460. The van der Waals surface area contributed by atoms with Crippen LogP contribution in [0.1, 0.15) is 25.5 Å². The zero-order valence-electron chi connectivity index (χ0n) is 15.1. The average molecular weight is 391 g/mol. The predicted molar refractivity (Wildman–Crippen MR) is 107 cm³/mol. The van der Waals surface area contributed by atoms with E-state index in [0.29, 0.717) is 30.4 Å². The minimum Gasteiger partial charge on any atom is -0.372 e. The Labute approximate surface area is 164 Å². The van der Waals surface area contributed by atoms with Gasteiger partial charge in [-0.05, 0) is 49.7 Å². The second-order valence-corrected chi connectivity index (χ2v) is 8.09. The van der Waals surface area contributed by atoms with E-state index in [4.69, 9.17) is 16.3 Å². The van der Waals surface area contributed by atoms with Crippen molar-refractivity contribution < 1.29 is 9.53 Å². The Bertz CT molecular complexity index is 780. The van der Waals surface area contributed by atoms with Crippen LogP contribution in [0, 0.1) is 0 Å². The van der Waals surface area contributed by atoms with Crippen molar-refractivity contribution in [1.29, 1.82) is 0 Å². The van der Waals surface area contributed by atoms with Crippen LogP contribution in [-0.2, 0) is 16.0 Å². The number of rotatable bonds is 9. The lowest BCUT2D eigenvalue weighted by Crippen LogP contribution is -2.15. The molecule has 1 fully saturated rings. The molecule has 1 atom stereocenters. The van der Waals surface area contributed by atoms with E-state index in [-0.39, 0.29) is 5.78 Å². The Hall–Kier alpha value is -1.40. The molecule has 3 rings (SSSR count). The molecule has 0 saturated carbocycles. The minimum atomic E-state index is 0.261. The van der Waals surface area contributed by atoms with E-state index in [0.717, 1.165) is 35.0 Å². The summed E-state index contributed by atoms with van der Waals surface area (Å²) >= 11 is 8.18. The monoisotopic (exact) mass is 390 g/mol. The molecule has 138 valence electrons. The standard InChI is InChI=1S/C20H23ClN2O2S/c1-3-15(24)8-7-14-5-4-6-20(22-14)18-10-9-17(11-19(18)21)26-23(2)12-16-13-25-16/h4-6,9-11,16H,3,7-8,12-13H2,1-2H3. The van der Waals surface area contributed by atoms with E-state index < -0.39 is 0 Å². The van der Waals surface area contributed by atoms with Crippen LogP contribution >= 0.6 is 23.5 Å². The molecule has 1 saturated heterocycles. The summed E-state index contributed by atoms with van der Waals surface area (Å²) in [5, 5.41) is 0.681. The largest absolute Gasteiger partial charge is 0.372 e. The first kappa shape index (κ1) is 19.4. The van der Waals surface area contributed by atoms with Crippen molar-refractivity contribution in [2.45, 2.75) is 37.2 Å². The Morgan fingerprint density at radius 1 is 1.38 bits per heavy atom. The Morgan fingerprint density at radius 3 is 2.88 bits per heavy atom. The maximum absolute atomic E-state index is 11.5. The second kappa shape index (κ2) is 9.00. The lowest BCUT2D eigenvalue weighted by Gasteiger charge is -2.15. The summed E-state index contributed by atoms with van der Waals surface area (Å²) in [6.07, 6.45) is 2.15. The number of aromatic nitrogens is 1. The van der Waals surface area contributed by atoms with Crippen molar-refractivity contribution in [3.05, 3.63) is 47.1 Å². The molecule has 6 heteroatoms. The molecule has 1 aromatic heterocycles. The van der Waals surface area contributed by atoms with Gasteiger partial charge in [-0.15, -0.1) is 0 Å². The van der Waals surface area contributed by atoms with Crippen LogP contribution in [0.3, 0.4) is 0 Å². The molecule has 2 heterocycles. The highest BCUT2D eigenvalue weighted by molar-refractivity contribution is 7.97. The van der Waals surface area contributed by atoms with Gasteiger partial charge in [0.05, 0.1) is 23.4 Å². The van der Waals surface area contributed by atoms with E-state index >= 15 is 0 Å². The van der Waals surface area contributed by atoms with Crippen molar-refractivity contribution in [2.75, 3.05) is 20.2 Å². The summed E-state index contributed by atoms with van der Waals surface area (Å²) in [5.41, 5.74) is 2.67. The third-order valence-corrected chi connectivity index (χ3v) is 5.44. The number of hydrogen-bond donors (Lipinski definition) is 0. The van der Waals surface area contributed by atoms with Crippen molar-refractivity contribution in [2.24, 2.45) is 0 Å². The summed E-state index contributed by atoms with van der Waals surface area (Å²) in [6.45, 7) is 3.65. The molecule has 26 heavy (non-hydrogen) atoms. The fourth-order valence-electron chi connectivity index (χ4n) is 2.65. The van der Waals surface area contributed by atoms with Gasteiger partial charge in [0.25, 0.3) is 0 Å². The maximum Gasteiger partial charge on any atom is 0.133 e. The van der Waals surface area contributed by atoms with Crippen LogP contribution in [-0.4, -0.2) is 41.4 Å². The summed E-state index contributed by atoms with van der Waals surface area (Å²) in [7, 11) is 2.05. The third kappa shape index (κ3) is 5.55. The highest BCUT2D eigenvalue weighted by atomic mass is 35.5. The minimum absolute atomic E-state index is 0.261. The number of ether oxygens (including phenoxy) is 1. The molecule has 1 unspecified atom stereocenters. The molecule has 1 aromatic carbocycles. The Kier molecular flexibility index (Phi) is 6.70. The molecule has 0 radical (unpaired) electrons. The lowest BCUT2D eigenvalue weighted by atomic mass is 10.1. The first-order chi connectivity index (χ1) is 12.5. The first-order valence-corrected chi connectivity index (χ1v) is 9.98. The molecular weight excluding hydrogens is 368 g/mol. The van der Waals surface area contributed by atoms with Crippen molar-refractivity contribution in [1.82, 2.24) is 9.29 Å². The molecular formula is C20H23ClN2O2S. The smallest absolute Gasteiger partial charge is 0.133 e. The summed E-state index contributed by atoms with van der Waals surface area (Å²) < 4.78 is 7.42.